The Hall–Kier alpha value is -2.41. The van der Waals surface area contributed by atoms with Gasteiger partial charge in [0.25, 0.3) is 11.8 Å². The molecule has 1 aromatic carbocycles. The van der Waals surface area contributed by atoms with Crippen molar-refractivity contribution >= 4 is 17.9 Å². The van der Waals surface area contributed by atoms with Crippen LogP contribution in [-0.2, 0) is 4.74 Å². The highest BCUT2D eigenvalue weighted by molar-refractivity contribution is 6.21. The zero-order valence-corrected chi connectivity index (χ0v) is 13.9. The molecular formula is C18H20N2O5. The van der Waals surface area contributed by atoms with Gasteiger partial charge in [0, 0.05) is 12.0 Å². The molecule has 0 spiro atoms. The number of hydrogen-bond donors (Lipinski definition) is 1. The molecule has 2 fully saturated rings. The van der Waals surface area contributed by atoms with Crippen LogP contribution in [0.5, 0.6) is 0 Å². The molecule has 0 unspecified atom stereocenters. The number of carbonyl (C=O) groups is 3. The van der Waals surface area contributed by atoms with Gasteiger partial charge in [0.1, 0.15) is 0 Å². The van der Waals surface area contributed by atoms with Gasteiger partial charge in [0.15, 0.2) is 0 Å². The number of amides is 3. The lowest BCUT2D eigenvalue weighted by molar-refractivity contribution is 0.0424. The van der Waals surface area contributed by atoms with Crippen molar-refractivity contribution in [3.63, 3.8) is 0 Å². The highest BCUT2D eigenvalue weighted by Crippen LogP contribution is 2.45. The van der Waals surface area contributed by atoms with Crippen LogP contribution >= 0.6 is 0 Å². The van der Waals surface area contributed by atoms with Crippen molar-refractivity contribution in [2.45, 2.75) is 37.4 Å². The van der Waals surface area contributed by atoms with Gasteiger partial charge in [-0.15, -0.1) is 0 Å². The van der Waals surface area contributed by atoms with E-state index in [-0.39, 0.29) is 30.4 Å². The first-order valence-electron chi connectivity index (χ1n) is 8.54. The van der Waals surface area contributed by atoms with E-state index in [0.717, 1.165) is 19.3 Å². The molecule has 2 heterocycles. The van der Waals surface area contributed by atoms with E-state index in [0.29, 0.717) is 11.1 Å². The quantitative estimate of drug-likeness (QED) is 0.816. The van der Waals surface area contributed by atoms with Crippen molar-refractivity contribution in [3.05, 3.63) is 35.4 Å². The maximum Gasteiger partial charge on any atom is 0.410 e. The number of benzene rings is 1. The Kier molecular flexibility index (Phi) is 3.76. The average molecular weight is 344 g/mol. The average Bonchev–Trinajstić information content (AvgIpc) is 3.27. The van der Waals surface area contributed by atoms with Crippen LogP contribution in [0.2, 0.25) is 0 Å². The van der Waals surface area contributed by atoms with Crippen molar-refractivity contribution in [2.24, 2.45) is 5.92 Å². The number of ether oxygens (including phenoxy) is 1. The lowest BCUT2D eigenvalue weighted by atomic mass is 9.94. The summed E-state index contributed by atoms with van der Waals surface area (Å²) in [4.78, 5) is 40.8. The summed E-state index contributed by atoms with van der Waals surface area (Å²) in [6.07, 6.45) is 2.00. The smallest absolute Gasteiger partial charge is 0.410 e. The van der Waals surface area contributed by atoms with Crippen molar-refractivity contribution in [3.8, 4) is 0 Å². The summed E-state index contributed by atoms with van der Waals surface area (Å²) in [5.41, 5.74) is 0.769. The standard InChI is InChI=1S/C18H20N2O5/c1-25-18(24)19-13-8-4-7-12(13)15(14(19)9-21)20-16(22)10-5-2-3-6-11(10)17(20)23/h2-3,5-6,12-15,21H,4,7-9H2,1H3/t12-,13+,14-,15-/m0/s1. The van der Waals surface area contributed by atoms with Crippen LogP contribution in [0.3, 0.4) is 0 Å². The summed E-state index contributed by atoms with van der Waals surface area (Å²) >= 11 is 0. The predicted octanol–water partition coefficient (Wildman–Crippen LogP) is 1.26. The molecule has 4 rings (SSSR count). The third-order valence-corrected chi connectivity index (χ3v) is 5.78. The summed E-state index contributed by atoms with van der Waals surface area (Å²) in [5.74, 6) is -0.721. The Morgan fingerprint density at radius 3 is 2.40 bits per heavy atom. The fraction of sp³-hybridized carbons (Fsp3) is 0.500. The van der Waals surface area contributed by atoms with E-state index in [1.165, 1.54) is 16.9 Å². The van der Waals surface area contributed by atoms with Crippen LogP contribution < -0.4 is 0 Å². The van der Waals surface area contributed by atoms with Crippen LogP contribution in [0.4, 0.5) is 4.79 Å². The lowest BCUT2D eigenvalue weighted by Gasteiger charge is -2.32. The van der Waals surface area contributed by atoms with E-state index in [9.17, 15) is 19.5 Å². The fourth-order valence-electron chi connectivity index (χ4n) is 4.82. The zero-order valence-electron chi connectivity index (χ0n) is 13.9. The van der Waals surface area contributed by atoms with Gasteiger partial charge < -0.3 is 9.84 Å². The van der Waals surface area contributed by atoms with E-state index in [2.05, 4.69) is 0 Å². The first-order valence-corrected chi connectivity index (χ1v) is 8.54. The number of likely N-dealkylation sites (tertiary alicyclic amines) is 1. The number of carbonyl (C=O) groups excluding carboxylic acids is 3. The van der Waals surface area contributed by atoms with Gasteiger partial charge in [-0.2, -0.15) is 0 Å². The van der Waals surface area contributed by atoms with E-state index >= 15 is 0 Å². The molecular weight excluding hydrogens is 324 g/mol. The Morgan fingerprint density at radius 2 is 1.84 bits per heavy atom. The highest BCUT2D eigenvalue weighted by Gasteiger charge is 2.58. The van der Waals surface area contributed by atoms with Crippen molar-refractivity contribution in [2.75, 3.05) is 13.7 Å². The van der Waals surface area contributed by atoms with Crippen LogP contribution in [-0.4, -0.2) is 64.7 Å². The normalized spacial score (nSPS) is 30.6. The summed E-state index contributed by atoms with van der Waals surface area (Å²) in [6, 6.07) is 5.47. The Bertz CT molecular complexity index is 714. The van der Waals surface area contributed by atoms with Gasteiger partial charge in [-0.25, -0.2) is 4.79 Å². The minimum absolute atomic E-state index is 0.0292. The van der Waals surface area contributed by atoms with E-state index in [1.807, 2.05) is 0 Å². The fourth-order valence-corrected chi connectivity index (χ4v) is 4.82. The number of fused-ring (bicyclic) bond motifs is 2. The number of nitrogens with zero attached hydrogens (tertiary/aromatic N) is 2. The summed E-state index contributed by atoms with van der Waals surface area (Å²) in [7, 11) is 1.30. The van der Waals surface area contributed by atoms with Gasteiger partial charge >= 0.3 is 6.09 Å². The third kappa shape index (κ3) is 2.12. The Labute approximate surface area is 145 Å². The second-order valence-electron chi connectivity index (χ2n) is 6.81. The maximum absolute atomic E-state index is 12.9. The molecule has 132 valence electrons. The van der Waals surface area contributed by atoms with Crippen molar-refractivity contribution < 1.29 is 24.2 Å². The van der Waals surface area contributed by atoms with E-state index in [1.54, 1.807) is 24.3 Å². The molecule has 3 aliphatic rings. The molecule has 0 bridgehead atoms. The van der Waals surface area contributed by atoms with E-state index in [4.69, 9.17) is 4.74 Å². The van der Waals surface area contributed by atoms with Crippen molar-refractivity contribution in [1.82, 2.24) is 9.80 Å². The second-order valence-corrected chi connectivity index (χ2v) is 6.81. The Balaban J connectivity index is 1.76. The molecule has 25 heavy (non-hydrogen) atoms. The third-order valence-electron chi connectivity index (χ3n) is 5.78. The second kappa shape index (κ2) is 5.84. The minimum atomic E-state index is -0.634. The largest absolute Gasteiger partial charge is 0.453 e. The lowest BCUT2D eigenvalue weighted by Crippen LogP contribution is -2.52. The molecule has 0 aromatic heterocycles. The highest BCUT2D eigenvalue weighted by atomic mass is 16.5. The number of rotatable bonds is 2. The minimum Gasteiger partial charge on any atom is -0.453 e. The van der Waals surface area contributed by atoms with Gasteiger partial charge in [-0.05, 0) is 25.0 Å². The number of aliphatic hydroxyl groups is 1. The zero-order chi connectivity index (χ0) is 17.7. The molecule has 3 amide bonds. The Morgan fingerprint density at radius 1 is 1.20 bits per heavy atom. The molecule has 4 atom stereocenters. The maximum atomic E-state index is 12.9. The monoisotopic (exact) mass is 344 g/mol. The first-order chi connectivity index (χ1) is 12.1. The molecule has 2 aliphatic heterocycles. The molecule has 7 nitrogen and oxygen atoms in total. The molecule has 0 radical (unpaired) electrons. The summed E-state index contributed by atoms with van der Waals surface area (Å²) in [5, 5.41) is 9.96. The topological polar surface area (TPSA) is 87.2 Å². The van der Waals surface area contributed by atoms with Crippen LogP contribution in [0, 0.1) is 5.92 Å². The summed E-state index contributed by atoms with van der Waals surface area (Å²) < 4.78 is 4.89. The molecule has 1 aromatic rings. The number of aliphatic hydroxyl groups excluding tert-OH is 1. The van der Waals surface area contributed by atoms with Crippen molar-refractivity contribution in [1.29, 1.82) is 0 Å². The number of methoxy groups -OCH3 is 1. The molecule has 1 N–H and O–H groups in total. The van der Waals surface area contributed by atoms with Gasteiger partial charge in [-0.3, -0.25) is 19.4 Å². The van der Waals surface area contributed by atoms with Gasteiger partial charge in [-0.1, -0.05) is 18.6 Å². The van der Waals surface area contributed by atoms with Gasteiger partial charge in [0.2, 0.25) is 0 Å². The SMILES string of the molecule is COC(=O)N1[C@@H]2CCC[C@@H]2[C@H](N2C(=O)c3ccccc3C2=O)[C@@H]1CO. The number of hydrogen-bond acceptors (Lipinski definition) is 5. The van der Waals surface area contributed by atoms with E-state index < -0.39 is 18.2 Å². The predicted molar refractivity (Wildman–Crippen MR) is 87.0 cm³/mol. The molecule has 1 aliphatic carbocycles. The molecule has 1 saturated carbocycles. The number of imide groups is 1. The first kappa shape index (κ1) is 16.1. The summed E-state index contributed by atoms with van der Waals surface area (Å²) in [6.45, 7) is -0.319. The van der Waals surface area contributed by atoms with Crippen LogP contribution in [0.25, 0.3) is 0 Å². The van der Waals surface area contributed by atoms with Crippen LogP contribution in [0.1, 0.15) is 40.0 Å². The van der Waals surface area contributed by atoms with Crippen LogP contribution in [0.15, 0.2) is 24.3 Å². The molecule has 1 saturated heterocycles. The van der Waals surface area contributed by atoms with Gasteiger partial charge in [0.05, 0.1) is 36.9 Å². The molecule has 7 heteroatoms.